The molecule has 0 unspecified atom stereocenters. The first-order chi connectivity index (χ1) is 7.88. The number of aryl methyl sites for hydroxylation is 1. The number of aromatic hydroxyl groups is 1. The summed E-state index contributed by atoms with van der Waals surface area (Å²) in [4.78, 5) is 0. The van der Waals surface area contributed by atoms with Crippen LogP contribution >= 0.6 is 0 Å². The van der Waals surface area contributed by atoms with Gasteiger partial charge in [-0.1, -0.05) is 24.3 Å². The van der Waals surface area contributed by atoms with Gasteiger partial charge in [0, 0.05) is 10.8 Å². The Morgan fingerprint density at radius 3 is 2.35 bits per heavy atom. The molecule has 2 aromatic carbocycles. The summed E-state index contributed by atoms with van der Waals surface area (Å²) < 4.78 is 34.7. The average Bonchev–Trinajstić information content (AvgIpc) is 2.23. The molecule has 2 aromatic rings. The predicted molar refractivity (Wildman–Crippen MR) is 62.5 cm³/mol. The standard InChI is InChI=1S/C11H10O5S/c1-7-6-10(12)8-4-2-3-5-9(8)11(7)16-17(13,14)15/h2-6,12H,1H3,(H,13,14,15). The van der Waals surface area contributed by atoms with E-state index in [0.717, 1.165) is 0 Å². The molecule has 2 rings (SSSR count). The van der Waals surface area contributed by atoms with E-state index >= 15 is 0 Å². The van der Waals surface area contributed by atoms with E-state index in [1.54, 1.807) is 31.2 Å². The molecule has 0 radical (unpaired) electrons. The SMILES string of the molecule is Cc1cc(O)c2ccccc2c1OS(=O)(=O)O. The Morgan fingerprint density at radius 2 is 1.76 bits per heavy atom. The van der Waals surface area contributed by atoms with Crippen LogP contribution in [-0.2, 0) is 10.4 Å². The van der Waals surface area contributed by atoms with Crippen molar-refractivity contribution in [3.63, 3.8) is 0 Å². The van der Waals surface area contributed by atoms with Crippen LogP contribution in [0.5, 0.6) is 11.5 Å². The fraction of sp³-hybridized carbons (Fsp3) is 0.0909. The Kier molecular flexibility index (Phi) is 2.68. The molecule has 0 aromatic heterocycles. The van der Waals surface area contributed by atoms with Crippen molar-refractivity contribution < 1.29 is 22.3 Å². The molecule has 0 amide bonds. The molecular weight excluding hydrogens is 244 g/mol. The van der Waals surface area contributed by atoms with Gasteiger partial charge in [0.1, 0.15) is 5.75 Å². The average molecular weight is 254 g/mol. The van der Waals surface area contributed by atoms with Gasteiger partial charge >= 0.3 is 10.4 Å². The minimum absolute atomic E-state index is 0.0147. The monoisotopic (exact) mass is 254 g/mol. The molecule has 17 heavy (non-hydrogen) atoms. The van der Waals surface area contributed by atoms with Gasteiger partial charge in [-0.15, -0.1) is 0 Å². The quantitative estimate of drug-likeness (QED) is 0.801. The molecule has 90 valence electrons. The normalized spacial score (nSPS) is 11.6. The minimum Gasteiger partial charge on any atom is -0.507 e. The number of fused-ring (bicyclic) bond motifs is 1. The van der Waals surface area contributed by atoms with Crippen LogP contribution in [-0.4, -0.2) is 18.1 Å². The van der Waals surface area contributed by atoms with E-state index in [2.05, 4.69) is 4.18 Å². The molecule has 2 N–H and O–H groups in total. The van der Waals surface area contributed by atoms with Crippen LogP contribution in [0.3, 0.4) is 0 Å². The third-order valence-electron chi connectivity index (χ3n) is 2.35. The Bertz CT molecular complexity index is 676. The van der Waals surface area contributed by atoms with Gasteiger partial charge in [0.15, 0.2) is 5.75 Å². The third-order valence-corrected chi connectivity index (χ3v) is 2.72. The van der Waals surface area contributed by atoms with Crippen molar-refractivity contribution in [2.24, 2.45) is 0 Å². The molecule has 0 saturated heterocycles. The maximum Gasteiger partial charge on any atom is 0.446 e. The Hall–Kier alpha value is -1.79. The Morgan fingerprint density at radius 1 is 1.18 bits per heavy atom. The first kappa shape index (κ1) is 11.7. The number of rotatable bonds is 2. The van der Waals surface area contributed by atoms with E-state index in [0.29, 0.717) is 16.3 Å². The molecule has 0 atom stereocenters. The lowest BCUT2D eigenvalue weighted by atomic mass is 10.1. The maximum absolute atomic E-state index is 10.8. The lowest BCUT2D eigenvalue weighted by molar-refractivity contribution is 0.387. The summed E-state index contributed by atoms with van der Waals surface area (Å²) in [6, 6.07) is 7.99. The summed E-state index contributed by atoms with van der Waals surface area (Å²) in [6.07, 6.45) is 0. The van der Waals surface area contributed by atoms with E-state index in [4.69, 9.17) is 4.55 Å². The summed E-state index contributed by atoms with van der Waals surface area (Å²) in [5.74, 6) is 0.0432. The topological polar surface area (TPSA) is 83.8 Å². The van der Waals surface area contributed by atoms with Crippen molar-refractivity contribution in [2.45, 2.75) is 6.92 Å². The molecule has 0 aliphatic heterocycles. The van der Waals surface area contributed by atoms with E-state index in [1.165, 1.54) is 6.07 Å². The molecule has 0 saturated carbocycles. The zero-order valence-electron chi connectivity index (χ0n) is 8.91. The largest absolute Gasteiger partial charge is 0.507 e. The molecule has 5 nitrogen and oxygen atoms in total. The van der Waals surface area contributed by atoms with Crippen molar-refractivity contribution in [3.05, 3.63) is 35.9 Å². The maximum atomic E-state index is 10.8. The minimum atomic E-state index is -4.59. The van der Waals surface area contributed by atoms with Gasteiger partial charge in [-0.05, 0) is 18.6 Å². The van der Waals surface area contributed by atoms with Crippen molar-refractivity contribution in [3.8, 4) is 11.5 Å². The van der Waals surface area contributed by atoms with Crippen molar-refractivity contribution in [1.29, 1.82) is 0 Å². The molecule has 0 fully saturated rings. The zero-order valence-corrected chi connectivity index (χ0v) is 9.73. The predicted octanol–water partition coefficient (Wildman–Crippen LogP) is 2.04. The van der Waals surface area contributed by atoms with Crippen molar-refractivity contribution in [1.82, 2.24) is 0 Å². The molecule has 0 spiro atoms. The van der Waals surface area contributed by atoms with Gasteiger partial charge in [-0.25, -0.2) is 0 Å². The Balaban J connectivity index is 2.78. The van der Waals surface area contributed by atoms with Gasteiger partial charge in [0.05, 0.1) is 0 Å². The summed E-state index contributed by atoms with van der Waals surface area (Å²) in [6.45, 7) is 1.58. The van der Waals surface area contributed by atoms with Crippen LogP contribution in [0.15, 0.2) is 30.3 Å². The number of phenols is 1. The number of phenolic OH excluding ortho intramolecular Hbond substituents is 1. The second kappa shape index (κ2) is 3.90. The van der Waals surface area contributed by atoms with E-state index in [-0.39, 0.29) is 11.5 Å². The summed E-state index contributed by atoms with van der Waals surface area (Å²) in [5, 5.41) is 10.6. The molecular formula is C11H10O5S. The van der Waals surface area contributed by atoms with E-state index in [1.807, 2.05) is 0 Å². The van der Waals surface area contributed by atoms with Gasteiger partial charge in [0.25, 0.3) is 0 Å². The summed E-state index contributed by atoms with van der Waals surface area (Å²) >= 11 is 0. The fourth-order valence-electron chi connectivity index (χ4n) is 1.68. The summed E-state index contributed by atoms with van der Waals surface area (Å²) in [7, 11) is -4.59. The highest BCUT2D eigenvalue weighted by molar-refractivity contribution is 7.81. The number of hydrogen-bond acceptors (Lipinski definition) is 4. The van der Waals surface area contributed by atoms with Gasteiger partial charge in [-0.2, -0.15) is 8.42 Å². The number of benzene rings is 2. The smallest absolute Gasteiger partial charge is 0.446 e. The fourth-order valence-corrected chi connectivity index (χ4v) is 2.11. The zero-order chi connectivity index (χ0) is 12.6. The molecule has 0 heterocycles. The van der Waals surface area contributed by atoms with Crippen molar-refractivity contribution in [2.75, 3.05) is 0 Å². The van der Waals surface area contributed by atoms with Gasteiger partial charge in [0.2, 0.25) is 0 Å². The van der Waals surface area contributed by atoms with Crippen LogP contribution in [0.4, 0.5) is 0 Å². The second-order valence-corrected chi connectivity index (χ2v) is 4.62. The molecule has 6 heteroatoms. The van der Waals surface area contributed by atoms with Crippen molar-refractivity contribution >= 4 is 21.2 Å². The van der Waals surface area contributed by atoms with Gasteiger partial charge < -0.3 is 9.29 Å². The highest BCUT2D eigenvalue weighted by Gasteiger charge is 2.15. The summed E-state index contributed by atoms with van der Waals surface area (Å²) in [5.41, 5.74) is 0.416. The first-order valence-corrected chi connectivity index (χ1v) is 6.13. The van der Waals surface area contributed by atoms with Crippen LogP contribution < -0.4 is 4.18 Å². The number of hydrogen-bond donors (Lipinski definition) is 2. The molecule has 0 bridgehead atoms. The van der Waals surface area contributed by atoms with Crippen LogP contribution in [0.2, 0.25) is 0 Å². The second-order valence-electron chi connectivity index (χ2n) is 3.60. The lowest BCUT2D eigenvalue weighted by Crippen LogP contribution is -2.08. The Labute approximate surface area is 98.2 Å². The molecule has 0 aliphatic rings. The van der Waals surface area contributed by atoms with Crippen LogP contribution in [0, 0.1) is 6.92 Å². The van der Waals surface area contributed by atoms with Crippen LogP contribution in [0.1, 0.15) is 5.56 Å². The van der Waals surface area contributed by atoms with E-state index < -0.39 is 10.4 Å². The highest BCUT2D eigenvalue weighted by Crippen LogP contribution is 2.36. The highest BCUT2D eigenvalue weighted by atomic mass is 32.3. The van der Waals surface area contributed by atoms with E-state index in [9.17, 15) is 13.5 Å². The molecule has 0 aliphatic carbocycles. The van der Waals surface area contributed by atoms with Gasteiger partial charge in [-0.3, -0.25) is 4.55 Å². The first-order valence-electron chi connectivity index (χ1n) is 4.77. The lowest BCUT2D eigenvalue weighted by Gasteiger charge is -2.10. The third kappa shape index (κ3) is 2.32. The van der Waals surface area contributed by atoms with Crippen LogP contribution in [0.25, 0.3) is 10.8 Å².